The summed E-state index contributed by atoms with van der Waals surface area (Å²) >= 11 is 0. The number of likely N-dealkylation sites (tertiary alicyclic amines) is 4. The Labute approximate surface area is 765 Å². The van der Waals surface area contributed by atoms with Crippen molar-refractivity contribution >= 4 is 97.8 Å². The fourth-order valence-corrected chi connectivity index (χ4v) is 19.0. The number of ether oxygens (including phenoxy) is 9. The molecular weight excluding hydrogens is 1690 g/mol. The van der Waals surface area contributed by atoms with Crippen molar-refractivity contribution < 1.29 is 90.9 Å². The highest BCUT2D eigenvalue weighted by atomic mass is 16.6. The first-order valence-electron chi connectivity index (χ1n) is 45.1. The minimum atomic E-state index is -1.06. The van der Waals surface area contributed by atoms with Crippen LogP contribution in [0.4, 0.5) is 24.0 Å². The smallest absolute Gasteiger partial charge is 0.410 e. The molecule has 6 aromatic carbocycles. The van der Waals surface area contributed by atoms with Crippen LogP contribution >= 0.6 is 0 Å². The van der Waals surface area contributed by atoms with E-state index in [1.807, 2.05) is 104 Å². The number of hydrogen-bond acceptors (Lipinski definition) is 22. The number of hydrogen-bond donors (Lipinski definition) is 9. The summed E-state index contributed by atoms with van der Waals surface area (Å²) in [6, 6.07) is 25.0. The van der Waals surface area contributed by atoms with Gasteiger partial charge in [0.2, 0.25) is 17.7 Å². The standard InChI is InChI=1S/C46H56N8O8.C44H53N7O7.C7H13NO4/c1-23(2)38(51-45(57)60-7)43(55)53-20-26(21-59-6)15-36(53)41-47-19-34(49-41)28-10-12-30-29(16-28)22-62-37-18-31-27(17-32(30)37)11-13-33-40(31)50-42(48-33)35-14-9-25(5)54(35)44(56)39(24(3)4)52-46(58)61-8;1-23(2)37(49-42(53)56-8)41(52)51-24(3)9-14-34(51)40-46-32-13-11-26-17-31-29-12-10-27(16-28(29)22-57-36(31)18-30(26)38(32)48-40)33-19-45-39(47-33)35-15-25(21-55-7)20-50(35)43(54)58-44(4,5)6;1-4(2)5(6(9)10)8-7(11)12-3/h10-13,16-19,23-26,35-36,38-39H,9,14-15,20-22H2,1-8H3,(H,47,49)(H,48,50)(H,51,57)(H,52,58);10-13,16-19,23-25,34-35,37H,9,14-15,20-22H2,1-8H3,(H,45,47)(H,46,48)(H,49,53);4-5H,1-3H3,(H,8,11)(H,9,10)/t25-,26-,35-,36?,38-,39?;24-,25-,34-,35?,37?;5-/m000/s1. The minimum Gasteiger partial charge on any atom is -0.488 e. The highest BCUT2D eigenvalue weighted by molar-refractivity contribution is 6.08. The van der Waals surface area contributed by atoms with E-state index in [0.717, 1.165) is 155 Å². The molecule has 0 radical (unpaired) electrons. The summed E-state index contributed by atoms with van der Waals surface area (Å²) in [6.45, 7) is 27.3. The van der Waals surface area contributed by atoms with Gasteiger partial charge >= 0.3 is 36.4 Å². The topological polar surface area (TPSA) is 433 Å². The average Bonchev–Trinajstić information content (AvgIpc) is 1.45. The van der Waals surface area contributed by atoms with Gasteiger partial charge < -0.3 is 104 Å². The summed E-state index contributed by atoms with van der Waals surface area (Å²) in [7, 11) is 8.40. The summed E-state index contributed by atoms with van der Waals surface area (Å²) in [5.74, 6) is 2.50. The second-order valence-electron chi connectivity index (χ2n) is 37.4. The lowest BCUT2D eigenvalue weighted by Crippen LogP contribution is -2.52. The molecule has 35 nitrogen and oxygen atoms in total. The van der Waals surface area contributed by atoms with Gasteiger partial charge in [-0.2, -0.15) is 0 Å². The lowest BCUT2D eigenvalue weighted by atomic mass is 9.92. The predicted molar refractivity (Wildman–Crippen MR) is 493 cm³/mol. The van der Waals surface area contributed by atoms with E-state index in [-0.39, 0.29) is 95.6 Å². The van der Waals surface area contributed by atoms with Crippen molar-refractivity contribution in [1.29, 1.82) is 0 Å². The molecule has 0 saturated carbocycles. The molecule has 9 N–H and O–H groups in total. The zero-order chi connectivity index (χ0) is 94.7. The molecule has 16 rings (SSSR count). The number of alkyl carbamates (subject to hydrolysis) is 4. The lowest BCUT2D eigenvalue weighted by molar-refractivity contribution is -0.140. The summed E-state index contributed by atoms with van der Waals surface area (Å²) in [4.78, 5) is 154. The number of nitrogens with one attached hydrogen (secondary N) is 8. The van der Waals surface area contributed by atoms with Crippen molar-refractivity contribution in [2.45, 2.75) is 208 Å². The van der Waals surface area contributed by atoms with Crippen LogP contribution < -0.4 is 30.7 Å². The van der Waals surface area contributed by atoms with Crippen LogP contribution in [0.5, 0.6) is 11.5 Å². The average molecular weight is 1820 g/mol. The number of rotatable bonds is 22. The van der Waals surface area contributed by atoms with E-state index >= 15 is 0 Å². The summed E-state index contributed by atoms with van der Waals surface area (Å²) < 4.78 is 48.3. The molecule has 0 bridgehead atoms. The molecule has 6 aliphatic heterocycles. The van der Waals surface area contributed by atoms with Gasteiger partial charge in [0.15, 0.2) is 0 Å². The van der Waals surface area contributed by atoms with Gasteiger partial charge in [0, 0.05) is 73.1 Å². The Morgan fingerprint density at radius 3 is 1.23 bits per heavy atom. The molecule has 4 fully saturated rings. The number of carboxylic acids is 1. The van der Waals surface area contributed by atoms with Gasteiger partial charge in [0.05, 0.1) is 112 Å². The third-order valence-electron chi connectivity index (χ3n) is 25.7. The molecule has 10 aromatic rings. The van der Waals surface area contributed by atoms with E-state index in [0.29, 0.717) is 57.6 Å². The molecule has 4 saturated heterocycles. The molecule has 10 heterocycles. The molecule has 12 atom stereocenters. The number of aliphatic carboxylic acids is 1. The third kappa shape index (κ3) is 20.1. The molecular formula is C97H122N16O19. The number of amides is 8. The van der Waals surface area contributed by atoms with Crippen molar-refractivity contribution in [2.75, 3.05) is 69.0 Å². The maximum absolute atomic E-state index is 14.0. The molecule has 0 spiro atoms. The number of imidazole rings is 4. The molecule has 8 amide bonds. The van der Waals surface area contributed by atoms with Gasteiger partial charge in [-0.05, 0) is 189 Å². The van der Waals surface area contributed by atoms with Crippen LogP contribution in [0.15, 0.2) is 97.3 Å². The summed E-state index contributed by atoms with van der Waals surface area (Å²) in [6.07, 6.45) is 5.15. The summed E-state index contributed by atoms with van der Waals surface area (Å²) in [5.41, 5.74) is 12.6. The van der Waals surface area contributed by atoms with Gasteiger partial charge in [0.25, 0.3) is 0 Å². The fourth-order valence-electron chi connectivity index (χ4n) is 19.0. The van der Waals surface area contributed by atoms with Crippen LogP contribution in [0, 0.1) is 35.5 Å². The number of carbonyl (C=O) groups is 9. The molecule has 0 aliphatic carbocycles. The number of nitrogens with zero attached hydrogens (tertiary/aromatic N) is 8. The van der Waals surface area contributed by atoms with Crippen molar-refractivity contribution in [3.8, 4) is 56.3 Å². The quantitative estimate of drug-likeness (QED) is 0.0285. The largest absolute Gasteiger partial charge is 0.488 e. The first-order chi connectivity index (χ1) is 63.0. The van der Waals surface area contributed by atoms with Crippen molar-refractivity contribution in [2.24, 2.45) is 35.5 Å². The molecule has 4 aromatic heterocycles. The van der Waals surface area contributed by atoms with Crippen LogP contribution in [0.2, 0.25) is 0 Å². The number of H-pyrrole nitrogens is 4. The van der Waals surface area contributed by atoms with E-state index < -0.39 is 60.1 Å². The first kappa shape index (κ1) is 95.0. The van der Waals surface area contributed by atoms with Crippen molar-refractivity contribution in [3.63, 3.8) is 0 Å². The van der Waals surface area contributed by atoms with Crippen LogP contribution in [-0.4, -0.2) is 230 Å². The third-order valence-corrected chi connectivity index (χ3v) is 25.7. The Morgan fingerprint density at radius 1 is 0.462 bits per heavy atom. The lowest BCUT2D eigenvalue weighted by Gasteiger charge is -2.32. The van der Waals surface area contributed by atoms with E-state index in [1.54, 1.807) is 44.1 Å². The van der Waals surface area contributed by atoms with E-state index in [2.05, 4.69) is 119 Å². The molecule has 6 aliphatic rings. The molecule has 704 valence electrons. The second kappa shape index (κ2) is 40.0. The van der Waals surface area contributed by atoms with E-state index in [9.17, 15) is 43.2 Å². The fraction of sp³-hybridized carbons (Fsp3) is 0.495. The molecule has 132 heavy (non-hydrogen) atoms. The summed E-state index contributed by atoms with van der Waals surface area (Å²) in [5, 5.41) is 23.0. The van der Waals surface area contributed by atoms with Gasteiger partial charge in [-0.15, -0.1) is 0 Å². The Morgan fingerprint density at radius 2 is 0.848 bits per heavy atom. The van der Waals surface area contributed by atoms with Crippen molar-refractivity contribution in [1.82, 2.24) is 80.7 Å². The number of carboxylic acid groups (broad SMARTS) is 1. The number of benzene rings is 6. The normalized spacial score (nSPS) is 20.0. The Balaban J connectivity index is 0.000000189. The minimum absolute atomic E-state index is 0.0184. The SMILES string of the molecule is COC(=O)N[C@H](C(=O)O)C(C)C.COC[C@H]1CC(c2ncc(-c3ccc4c(c3)COc3cc5c(ccc6[nH]c([C@@H]7CC[C@H](C)N7C(=O)C(NC(=O)OC)C(C)C)nc65)cc3-4)[nH]2)N(C(=O)OC(C)(C)C)C1.COC[C@H]1CC(c2ncc(-c3ccc4c(c3)COc3cc5c(ccc6[nH]c([C@@H]7CC[C@H](C)N7C(=O)C(NC(=O)OC)C(C)C)nc65)cc3-4)[nH]2)N(C(=O)[C@@H](NC(=O)OC)C(C)C)C1. The van der Waals surface area contributed by atoms with Gasteiger partial charge in [-0.1, -0.05) is 91.8 Å². The van der Waals surface area contributed by atoms with Gasteiger partial charge in [-0.25, -0.2) is 48.7 Å². The number of aromatic amines is 4. The van der Waals surface area contributed by atoms with E-state index in [4.69, 9.17) is 62.9 Å². The van der Waals surface area contributed by atoms with Crippen LogP contribution in [-0.2, 0) is 65.5 Å². The number of methoxy groups -OCH3 is 6. The van der Waals surface area contributed by atoms with E-state index in [1.165, 1.54) is 28.4 Å². The highest BCUT2D eigenvalue weighted by Crippen LogP contribution is 2.48. The monoisotopic (exact) mass is 1810 g/mol. The zero-order valence-electron chi connectivity index (χ0n) is 78.3. The first-order valence-corrected chi connectivity index (χ1v) is 45.1. The predicted octanol–water partition coefficient (Wildman–Crippen LogP) is 15.5. The number of aromatic nitrogens is 8. The van der Waals surface area contributed by atoms with Crippen LogP contribution in [0.25, 0.3) is 88.4 Å². The molecule has 4 unspecified atom stereocenters. The maximum atomic E-state index is 14.0. The van der Waals surface area contributed by atoms with Crippen LogP contribution in [0.1, 0.15) is 187 Å². The van der Waals surface area contributed by atoms with Gasteiger partial charge in [0.1, 0.15) is 77.8 Å². The second-order valence-corrected chi connectivity index (χ2v) is 37.4. The molecule has 35 heteroatoms. The highest BCUT2D eigenvalue weighted by Gasteiger charge is 2.47. The van der Waals surface area contributed by atoms with Crippen molar-refractivity contribution in [3.05, 3.63) is 132 Å². The number of fused-ring (bicyclic) bond motifs is 12. The Kier molecular flexibility index (Phi) is 28.8. The zero-order valence-corrected chi connectivity index (χ0v) is 78.3. The Hall–Kier alpha value is -13.1. The maximum Gasteiger partial charge on any atom is 0.410 e. The Bertz CT molecular complexity index is 5970. The van der Waals surface area contributed by atoms with Crippen LogP contribution in [0.3, 0.4) is 0 Å². The van der Waals surface area contributed by atoms with Gasteiger partial charge in [-0.3, -0.25) is 19.3 Å². The number of carbonyl (C=O) groups excluding carboxylic acids is 8.